The van der Waals surface area contributed by atoms with E-state index in [0.29, 0.717) is 6.10 Å². The second-order valence-electron chi connectivity index (χ2n) is 6.55. The molecule has 19 heavy (non-hydrogen) atoms. The SMILES string of the molecule is COC(C)CCCCCCCCCCCCC(C)C. The molecule has 0 rings (SSSR count). The van der Waals surface area contributed by atoms with Gasteiger partial charge in [-0.05, 0) is 19.3 Å². The van der Waals surface area contributed by atoms with Gasteiger partial charge >= 0.3 is 0 Å². The fraction of sp³-hybridized carbons (Fsp3) is 1.00. The monoisotopic (exact) mass is 270 g/mol. The summed E-state index contributed by atoms with van der Waals surface area (Å²) in [4.78, 5) is 0. The summed E-state index contributed by atoms with van der Waals surface area (Å²) in [6.07, 6.45) is 17.4. The summed E-state index contributed by atoms with van der Waals surface area (Å²) in [5.41, 5.74) is 0. The largest absolute Gasteiger partial charge is 0.382 e. The summed E-state index contributed by atoms with van der Waals surface area (Å²) in [7, 11) is 1.81. The van der Waals surface area contributed by atoms with Gasteiger partial charge in [0.05, 0.1) is 6.10 Å². The Morgan fingerprint density at radius 2 is 0.947 bits per heavy atom. The number of hydrogen-bond acceptors (Lipinski definition) is 1. The molecular weight excluding hydrogens is 232 g/mol. The van der Waals surface area contributed by atoms with Gasteiger partial charge in [-0.3, -0.25) is 0 Å². The van der Waals surface area contributed by atoms with E-state index in [1.165, 1.54) is 77.0 Å². The van der Waals surface area contributed by atoms with Crippen molar-refractivity contribution in [3.63, 3.8) is 0 Å². The van der Waals surface area contributed by atoms with Crippen LogP contribution in [0.2, 0.25) is 0 Å². The second kappa shape index (κ2) is 14.4. The lowest BCUT2D eigenvalue weighted by Gasteiger charge is -2.08. The highest BCUT2D eigenvalue weighted by Crippen LogP contribution is 2.14. The molecule has 1 atom stereocenters. The maximum Gasteiger partial charge on any atom is 0.0543 e. The fourth-order valence-corrected chi connectivity index (χ4v) is 2.52. The van der Waals surface area contributed by atoms with Crippen LogP contribution in [0.4, 0.5) is 0 Å². The van der Waals surface area contributed by atoms with Crippen LogP contribution in [0.25, 0.3) is 0 Å². The van der Waals surface area contributed by atoms with E-state index in [2.05, 4.69) is 20.8 Å². The summed E-state index contributed by atoms with van der Waals surface area (Å²) in [5.74, 6) is 0.890. The Labute approximate surface area is 122 Å². The van der Waals surface area contributed by atoms with E-state index in [4.69, 9.17) is 4.74 Å². The number of hydrogen-bond donors (Lipinski definition) is 0. The molecule has 0 N–H and O–H groups in total. The first-order valence-corrected chi connectivity index (χ1v) is 8.69. The van der Waals surface area contributed by atoms with Gasteiger partial charge in [-0.2, -0.15) is 0 Å². The molecule has 0 heterocycles. The van der Waals surface area contributed by atoms with Crippen molar-refractivity contribution in [2.45, 2.75) is 104 Å². The van der Waals surface area contributed by atoms with Gasteiger partial charge in [-0.15, -0.1) is 0 Å². The van der Waals surface area contributed by atoms with Crippen molar-refractivity contribution < 1.29 is 4.74 Å². The third-order valence-corrected chi connectivity index (χ3v) is 4.04. The summed E-state index contributed by atoms with van der Waals surface area (Å²) >= 11 is 0. The highest BCUT2D eigenvalue weighted by molar-refractivity contribution is 4.52. The van der Waals surface area contributed by atoms with E-state index < -0.39 is 0 Å². The zero-order valence-corrected chi connectivity index (χ0v) is 14.0. The third-order valence-electron chi connectivity index (χ3n) is 4.04. The average Bonchev–Trinajstić information content (AvgIpc) is 2.39. The van der Waals surface area contributed by atoms with Crippen LogP contribution < -0.4 is 0 Å². The van der Waals surface area contributed by atoms with E-state index in [0.717, 1.165) is 5.92 Å². The molecule has 0 amide bonds. The molecular formula is C18H38O. The van der Waals surface area contributed by atoms with Crippen molar-refractivity contribution in [1.29, 1.82) is 0 Å². The maximum absolute atomic E-state index is 5.26. The molecule has 0 radical (unpaired) electrons. The lowest BCUT2D eigenvalue weighted by atomic mass is 10.0. The second-order valence-corrected chi connectivity index (χ2v) is 6.55. The van der Waals surface area contributed by atoms with Crippen molar-refractivity contribution >= 4 is 0 Å². The fourth-order valence-electron chi connectivity index (χ4n) is 2.52. The van der Waals surface area contributed by atoms with E-state index in [-0.39, 0.29) is 0 Å². The van der Waals surface area contributed by atoms with Gasteiger partial charge in [0, 0.05) is 7.11 Å². The number of rotatable bonds is 14. The molecule has 0 aliphatic carbocycles. The van der Waals surface area contributed by atoms with Crippen LogP contribution in [0.5, 0.6) is 0 Å². The van der Waals surface area contributed by atoms with Gasteiger partial charge in [-0.1, -0.05) is 84.5 Å². The van der Waals surface area contributed by atoms with Crippen LogP contribution in [-0.2, 0) is 4.74 Å². The zero-order chi connectivity index (χ0) is 14.3. The van der Waals surface area contributed by atoms with Crippen LogP contribution in [-0.4, -0.2) is 13.2 Å². The van der Waals surface area contributed by atoms with Crippen LogP contribution >= 0.6 is 0 Å². The summed E-state index contributed by atoms with van der Waals surface area (Å²) in [5, 5.41) is 0. The van der Waals surface area contributed by atoms with Gasteiger partial charge in [0.2, 0.25) is 0 Å². The van der Waals surface area contributed by atoms with Crippen molar-refractivity contribution in [2.24, 2.45) is 5.92 Å². The number of unbranched alkanes of at least 4 members (excludes halogenated alkanes) is 9. The average molecular weight is 271 g/mol. The lowest BCUT2D eigenvalue weighted by molar-refractivity contribution is 0.108. The molecule has 116 valence electrons. The van der Waals surface area contributed by atoms with E-state index in [1.807, 2.05) is 7.11 Å². The van der Waals surface area contributed by atoms with Crippen LogP contribution in [0.15, 0.2) is 0 Å². The van der Waals surface area contributed by atoms with Gasteiger partial charge in [0.1, 0.15) is 0 Å². The summed E-state index contributed by atoms with van der Waals surface area (Å²) in [6.45, 7) is 6.82. The lowest BCUT2D eigenvalue weighted by Crippen LogP contribution is -2.03. The van der Waals surface area contributed by atoms with Crippen molar-refractivity contribution in [3.05, 3.63) is 0 Å². The zero-order valence-electron chi connectivity index (χ0n) is 14.0. The Morgan fingerprint density at radius 3 is 1.32 bits per heavy atom. The molecule has 0 aromatic carbocycles. The van der Waals surface area contributed by atoms with Crippen molar-refractivity contribution in [3.8, 4) is 0 Å². The van der Waals surface area contributed by atoms with Gasteiger partial charge in [0.15, 0.2) is 0 Å². The first kappa shape index (κ1) is 19.0. The standard InChI is InChI=1S/C18H38O/c1-17(2)15-13-11-9-7-5-6-8-10-12-14-16-18(3)19-4/h17-18H,5-16H2,1-4H3. The summed E-state index contributed by atoms with van der Waals surface area (Å²) in [6, 6.07) is 0. The number of methoxy groups -OCH3 is 1. The normalized spacial score (nSPS) is 13.1. The molecule has 0 bridgehead atoms. The maximum atomic E-state index is 5.26. The number of ether oxygens (including phenoxy) is 1. The molecule has 1 heteroatoms. The van der Waals surface area contributed by atoms with Gasteiger partial charge in [0.25, 0.3) is 0 Å². The molecule has 0 saturated carbocycles. The minimum atomic E-state index is 0.450. The Hall–Kier alpha value is -0.0400. The van der Waals surface area contributed by atoms with Crippen molar-refractivity contribution in [2.75, 3.05) is 7.11 Å². The van der Waals surface area contributed by atoms with Gasteiger partial charge in [-0.25, -0.2) is 0 Å². The predicted octanol–water partition coefficient (Wildman–Crippen LogP) is 6.36. The molecule has 1 nitrogen and oxygen atoms in total. The first-order chi connectivity index (χ1) is 9.16. The summed E-state index contributed by atoms with van der Waals surface area (Å²) < 4.78 is 5.26. The minimum absolute atomic E-state index is 0.450. The molecule has 0 aromatic heterocycles. The van der Waals surface area contributed by atoms with Crippen LogP contribution in [0.3, 0.4) is 0 Å². The minimum Gasteiger partial charge on any atom is -0.382 e. The highest BCUT2D eigenvalue weighted by Gasteiger charge is 1.98. The smallest absolute Gasteiger partial charge is 0.0543 e. The molecule has 0 fully saturated rings. The molecule has 0 spiro atoms. The Balaban J connectivity index is 2.99. The van der Waals surface area contributed by atoms with E-state index in [1.54, 1.807) is 0 Å². The van der Waals surface area contributed by atoms with Gasteiger partial charge < -0.3 is 4.74 Å². The highest BCUT2D eigenvalue weighted by atomic mass is 16.5. The third kappa shape index (κ3) is 15.9. The van der Waals surface area contributed by atoms with Crippen LogP contribution in [0.1, 0.15) is 97.8 Å². The molecule has 0 aliphatic heterocycles. The molecule has 0 aromatic rings. The molecule has 0 aliphatic rings. The van der Waals surface area contributed by atoms with E-state index in [9.17, 15) is 0 Å². The van der Waals surface area contributed by atoms with Crippen LogP contribution in [0, 0.1) is 5.92 Å². The van der Waals surface area contributed by atoms with Crippen molar-refractivity contribution in [1.82, 2.24) is 0 Å². The Kier molecular flexibility index (Phi) is 14.3. The quantitative estimate of drug-likeness (QED) is 0.334. The van der Waals surface area contributed by atoms with E-state index >= 15 is 0 Å². The Bertz CT molecular complexity index is 165. The first-order valence-electron chi connectivity index (χ1n) is 8.69. The topological polar surface area (TPSA) is 9.23 Å². The predicted molar refractivity (Wildman–Crippen MR) is 86.7 cm³/mol. The Morgan fingerprint density at radius 1 is 0.579 bits per heavy atom. The molecule has 1 unspecified atom stereocenters. The molecule has 0 saturated heterocycles.